The van der Waals surface area contributed by atoms with E-state index in [9.17, 15) is 0 Å². The summed E-state index contributed by atoms with van der Waals surface area (Å²) in [5, 5.41) is 0. The van der Waals surface area contributed by atoms with Gasteiger partial charge in [0.2, 0.25) is 0 Å². The van der Waals surface area contributed by atoms with Crippen LogP contribution < -0.4 is 0 Å². The molecule has 0 N–H and O–H groups in total. The summed E-state index contributed by atoms with van der Waals surface area (Å²) in [6.45, 7) is 4.34. The van der Waals surface area contributed by atoms with E-state index in [2.05, 4.69) is 50.1 Å². The van der Waals surface area contributed by atoms with Gasteiger partial charge in [-0.2, -0.15) is 0 Å². The number of aryl methyl sites for hydroxylation is 1. The fourth-order valence-corrected chi connectivity index (χ4v) is 2.15. The van der Waals surface area contributed by atoms with Crippen LogP contribution in [-0.4, -0.2) is 6.26 Å². The Kier molecular flexibility index (Phi) is 6.11. The van der Waals surface area contributed by atoms with Crippen molar-refractivity contribution in [2.24, 2.45) is 0 Å². The van der Waals surface area contributed by atoms with Gasteiger partial charge in [-0.25, -0.2) is 0 Å². The van der Waals surface area contributed by atoms with E-state index in [0.29, 0.717) is 0 Å². The van der Waals surface area contributed by atoms with Crippen molar-refractivity contribution in [1.29, 1.82) is 0 Å². The van der Waals surface area contributed by atoms with Crippen LogP contribution in [0.1, 0.15) is 37.3 Å². The van der Waals surface area contributed by atoms with Crippen LogP contribution in [-0.2, 0) is 6.42 Å². The Morgan fingerprint density at radius 1 is 1.25 bits per heavy atom. The lowest BCUT2D eigenvalue weighted by Crippen LogP contribution is -1.87. The lowest BCUT2D eigenvalue weighted by atomic mass is 10.1. The first kappa shape index (κ1) is 13.2. The highest BCUT2D eigenvalue weighted by molar-refractivity contribution is 7.98. The Morgan fingerprint density at radius 2 is 2.06 bits per heavy atom. The standard InChI is InChI=1S/C15H20S/c1-4-5-6-7-8-9-14-12-13(2)10-11-15(14)16-3/h10-12H,4-6,9H2,1-3H3. The third kappa shape index (κ3) is 4.33. The predicted octanol–water partition coefficient (Wildman–Crippen LogP) is 4.45. The van der Waals surface area contributed by atoms with Crippen LogP contribution in [0.5, 0.6) is 0 Å². The molecule has 0 saturated heterocycles. The van der Waals surface area contributed by atoms with Crippen molar-refractivity contribution in [2.45, 2.75) is 44.4 Å². The molecule has 0 amide bonds. The van der Waals surface area contributed by atoms with Gasteiger partial charge in [-0.15, -0.1) is 17.7 Å². The van der Waals surface area contributed by atoms with Crippen LogP contribution in [0.15, 0.2) is 23.1 Å². The maximum Gasteiger partial charge on any atom is 0.0351 e. The summed E-state index contributed by atoms with van der Waals surface area (Å²) >= 11 is 1.80. The molecule has 0 aliphatic heterocycles. The number of benzene rings is 1. The van der Waals surface area contributed by atoms with Crippen molar-refractivity contribution in [3.8, 4) is 11.8 Å². The molecular weight excluding hydrogens is 212 g/mol. The summed E-state index contributed by atoms with van der Waals surface area (Å²) in [4.78, 5) is 1.36. The van der Waals surface area contributed by atoms with Gasteiger partial charge >= 0.3 is 0 Å². The minimum atomic E-state index is 0.890. The monoisotopic (exact) mass is 232 g/mol. The van der Waals surface area contributed by atoms with Crippen LogP contribution in [0.4, 0.5) is 0 Å². The molecule has 0 unspecified atom stereocenters. The first-order chi connectivity index (χ1) is 7.77. The van der Waals surface area contributed by atoms with Crippen LogP contribution in [0.2, 0.25) is 0 Å². The van der Waals surface area contributed by atoms with Crippen molar-refractivity contribution in [1.82, 2.24) is 0 Å². The third-order valence-electron chi connectivity index (χ3n) is 2.50. The van der Waals surface area contributed by atoms with Gasteiger partial charge in [0.25, 0.3) is 0 Å². The number of rotatable bonds is 4. The molecule has 0 radical (unpaired) electrons. The van der Waals surface area contributed by atoms with Crippen molar-refractivity contribution >= 4 is 11.8 Å². The highest BCUT2D eigenvalue weighted by atomic mass is 32.2. The first-order valence-electron chi connectivity index (χ1n) is 5.87. The van der Waals surface area contributed by atoms with Crippen molar-refractivity contribution < 1.29 is 0 Å². The molecule has 16 heavy (non-hydrogen) atoms. The molecule has 0 bridgehead atoms. The highest BCUT2D eigenvalue weighted by Gasteiger charge is 1.99. The maximum absolute atomic E-state index is 3.28. The van der Waals surface area contributed by atoms with Gasteiger partial charge in [0, 0.05) is 17.7 Å². The third-order valence-corrected chi connectivity index (χ3v) is 3.33. The van der Waals surface area contributed by atoms with Gasteiger partial charge in [0.05, 0.1) is 0 Å². The quantitative estimate of drug-likeness (QED) is 0.420. The van der Waals surface area contributed by atoms with Crippen LogP contribution in [0.25, 0.3) is 0 Å². The van der Waals surface area contributed by atoms with Crippen molar-refractivity contribution in [3.05, 3.63) is 29.3 Å². The van der Waals surface area contributed by atoms with Crippen molar-refractivity contribution in [2.75, 3.05) is 6.26 Å². The smallest absolute Gasteiger partial charge is 0.0351 e. The molecule has 0 aliphatic rings. The second-order valence-electron chi connectivity index (χ2n) is 3.95. The average Bonchev–Trinajstić information content (AvgIpc) is 2.29. The molecule has 0 heterocycles. The summed E-state index contributed by atoms with van der Waals surface area (Å²) in [6, 6.07) is 6.61. The van der Waals surface area contributed by atoms with E-state index in [1.807, 2.05) is 0 Å². The average molecular weight is 232 g/mol. The van der Waals surface area contributed by atoms with Gasteiger partial charge in [-0.1, -0.05) is 37.0 Å². The molecule has 0 atom stereocenters. The normalized spacial score (nSPS) is 9.69. The van der Waals surface area contributed by atoms with Gasteiger partial charge in [0.15, 0.2) is 0 Å². The molecule has 86 valence electrons. The number of unbranched alkanes of at least 4 members (excludes halogenated alkanes) is 2. The minimum absolute atomic E-state index is 0.890. The Labute approximate surface area is 104 Å². The van der Waals surface area contributed by atoms with Gasteiger partial charge < -0.3 is 0 Å². The van der Waals surface area contributed by atoms with Crippen LogP contribution in [0, 0.1) is 18.8 Å². The Hall–Kier alpha value is -0.870. The van der Waals surface area contributed by atoms with E-state index in [1.165, 1.54) is 28.9 Å². The summed E-state index contributed by atoms with van der Waals surface area (Å²) < 4.78 is 0. The molecule has 0 spiro atoms. The second-order valence-corrected chi connectivity index (χ2v) is 4.80. The maximum atomic E-state index is 3.28. The summed E-state index contributed by atoms with van der Waals surface area (Å²) in [7, 11) is 0. The van der Waals surface area contributed by atoms with Gasteiger partial charge in [0.1, 0.15) is 0 Å². The molecule has 1 heteroatoms. The van der Waals surface area contributed by atoms with E-state index in [4.69, 9.17) is 0 Å². The molecule has 0 nitrogen and oxygen atoms in total. The zero-order valence-electron chi connectivity index (χ0n) is 10.5. The van der Waals surface area contributed by atoms with E-state index < -0.39 is 0 Å². The second kappa shape index (κ2) is 7.41. The Balaban J connectivity index is 2.63. The molecule has 0 saturated carbocycles. The van der Waals surface area contributed by atoms with E-state index >= 15 is 0 Å². The van der Waals surface area contributed by atoms with Crippen LogP contribution in [0.3, 0.4) is 0 Å². The van der Waals surface area contributed by atoms with E-state index in [0.717, 1.165) is 12.8 Å². The SMILES string of the molecule is CCCCC#CCc1cc(C)ccc1SC. The largest absolute Gasteiger partial charge is 0.129 e. The zero-order chi connectivity index (χ0) is 11.8. The molecular formula is C15H20S. The highest BCUT2D eigenvalue weighted by Crippen LogP contribution is 2.21. The first-order valence-corrected chi connectivity index (χ1v) is 7.09. The molecule has 1 aromatic carbocycles. The Morgan fingerprint density at radius 3 is 2.75 bits per heavy atom. The van der Waals surface area contributed by atoms with Crippen molar-refractivity contribution in [3.63, 3.8) is 0 Å². The Bertz CT molecular complexity index is 382. The lowest BCUT2D eigenvalue weighted by molar-refractivity contribution is 0.827. The summed E-state index contributed by atoms with van der Waals surface area (Å²) in [6.07, 6.45) is 6.50. The summed E-state index contributed by atoms with van der Waals surface area (Å²) in [5.74, 6) is 6.52. The van der Waals surface area contributed by atoms with E-state index in [1.54, 1.807) is 11.8 Å². The fraction of sp³-hybridized carbons (Fsp3) is 0.467. The molecule has 0 aliphatic carbocycles. The fourth-order valence-electron chi connectivity index (χ4n) is 1.56. The van der Waals surface area contributed by atoms with E-state index in [-0.39, 0.29) is 0 Å². The predicted molar refractivity (Wildman–Crippen MR) is 74.0 cm³/mol. The number of hydrogen-bond donors (Lipinski definition) is 0. The minimum Gasteiger partial charge on any atom is -0.129 e. The number of hydrogen-bond acceptors (Lipinski definition) is 1. The van der Waals surface area contributed by atoms with Gasteiger partial charge in [-0.05, 0) is 31.2 Å². The van der Waals surface area contributed by atoms with Crippen LogP contribution >= 0.6 is 11.8 Å². The molecule has 0 aromatic heterocycles. The van der Waals surface area contributed by atoms with Gasteiger partial charge in [-0.3, -0.25) is 0 Å². The molecule has 1 rings (SSSR count). The summed E-state index contributed by atoms with van der Waals surface area (Å²) in [5.41, 5.74) is 2.69. The zero-order valence-corrected chi connectivity index (χ0v) is 11.3. The lowest BCUT2D eigenvalue weighted by Gasteiger charge is -2.04. The molecule has 1 aromatic rings. The molecule has 0 fully saturated rings. The topological polar surface area (TPSA) is 0 Å². The number of thioether (sulfide) groups is 1.